The lowest BCUT2D eigenvalue weighted by molar-refractivity contribution is 0.582. The van der Waals surface area contributed by atoms with Crippen LogP contribution in [0, 0.1) is 18.6 Å². The fourth-order valence-electron chi connectivity index (χ4n) is 3.75. The minimum absolute atomic E-state index is 0.193. The van der Waals surface area contributed by atoms with Gasteiger partial charge in [-0.15, -0.1) is 0 Å². The van der Waals surface area contributed by atoms with Crippen molar-refractivity contribution in [1.29, 1.82) is 0 Å². The van der Waals surface area contributed by atoms with Crippen molar-refractivity contribution in [3.8, 4) is 16.9 Å². The fourth-order valence-corrected chi connectivity index (χ4v) is 3.75. The second-order valence-corrected chi connectivity index (χ2v) is 7.31. The first-order valence-electron chi connectivity index (χ1n) is 9.77. The van der Waals surface area contributed by atoms with Crippen LogP contribution in [0.4, 0.5) is 14.6 Å². The minimum Gasteiger partial charge on any atom is -0.354 e. The van der Waals surface area contributed by atoms with Gasteiger partial charge in [-0.3, -0.25) is 9.97 Å². The summed E-state index contributed by atoms with van der Waals surface area (Å²) >= 11 is 0. The van der Waals surface area contributed by atoms with Crippen molar-refractivity contribution in [1.82, 2.24) is 24.5 Å². The van der Waals surface area contributed by atoms with E-state index in [-0.39, 0.29) is 6.04 Å². The third-order valence-corrected chi connectivity index (χ3v) is 5.06. The number of aromatic nitrogens is 5. The van der Waals surface area contributed by atoms with E-state index in [1.54, 1.807) is 23.2 Å². The second kappa shape index (κ2) is 7.78. The van der Waals surface area contributed by atoms with E-state index in [0.29, 0.717) is 17.0 Å². The van der Waals surface area contributed by atoms with Crippen molar-refractivity contribution < 1.29 is 8.78 Å². The summed E-state index contributed by atoms with van der Waals surface area (Å²) in [6, 6.07) is 3.59. The molecule has 0 aliphatic rings. The van der Waals surface area contributed by atoms with Crippen LogP contribution in [0.2, 0.25) is 0 Å². The molecule has 0 amide bonds. The van der Waals surface area contributed by atoms with Crippen LogP contribution in [-0.4, -0.2) is 37.1 Å². The highest BCUT2D eigenvalue weighted by Gasteiger charge is 2.23. The van der Waals surface area contributed by atoms with Crippen molar-refractivity contribution in [3.63, 3.8) is 0 Å². The van der Waals surface area contributed by atoms with E-state index in [9.17, 15) is 8.78 Å². The van der Waals surface area contributed by atoms with Gasteiger partial charge in [-0.1, -0.05) is 0 Å². The van der Waals surface area contributed by atoms with Crippen LogP contribution in [0.5, 0.6) is 0 Å². The summed E-state index contributed by atoms with van der Waals surface area (Å²) in [4.78, 5) is 20.0. The predicted molar refractivity (Wildman–Crippen MR) is 113 cm³/mol. The molecular weight excluding hydrogens is 386 g/mol. The molecule has 3 heterocycles. The Labute approximate surface area is 173 Å². The van der Waals surface area contributed by atoms with E-state index in [0.717, 1.165) is 35.1 Å². The number of nitrogens with zero attached hydrogens (tertiary/aromatic N) is 6. The molecule has 0 radical (unpaired) electrons. The van der Waals surface area contributed by atoms with Crippen molar-refractivity contribution in [2.24, 2.45) is 0 Å². The zero-order valence-electron chi connectivity index (χ0n) is 17.3. The molecule has 0 fully saturated rings. The Hall–Kier alpha value is -3.42. The highest BCUT2D eigenvalue weighted by molar-refractivity contribution is 6.02. The number of fused-ring (bicyclic) bond motifs is 1. The van der Waals surface area contributed by atoms with E-state index in [1.807, 2.05) is 6.92 Å². The smallest absolute Gasteiger partial charge is 0.150 e. The molecule has 8 heteroatoms. The lowest BCUT2D eigenvalue weighted by Gasteiger charge is -2.27. The molecule has 1 aromatic carbocycles. The van der Waals surface area contributed by atoms with Crippen molar-refractivity contribution in [2.75, 3.05) is 11.4 Å². The molecule has 30 heavy (non-hydrogen) atoms. The first kappa shape index (κ1) is 19.9. The first-order chi connectivity index (χ1) is 14.4. The highest BCUT2D eigenvalue weighted by Crippen LogP contribution is 2.37. The van der Waals surface area contributed by atoms with E-state index in [4.69, 9.17) is 0 Å². The van der Waals surface area contributed by atoms with Gasteiger partial charge in [0.05, 0.1) is 22.5 Å². The lowest BCUT2D eigenvalue weighted by Crippen LogP contribution is -2.31. The average molecular weight is 408 g/mol. The third-order valence-electron chi connectivity index (χ3n) is 5.06. The van der Waals surface area contributed by atoms with Crippen LogP contribution in [0.3, 0.4) is 0 Å². The Morgan fingerprint density at radius 3 is 2.33 bits per heavy atom. The summed E-state index contributed by atoms with van der Waals surface area (Å²) in [5.74, 6) is -0.570. The molecule has 0 saturated carbocycles. The molecule has 3 aromatic heterocycles. The number of rotatable bonds is 5. The number of halogens is 2. The number of hydrogen-bond acceptors (Lipinski definition) is 5. The van der Waals surface area contributed by atoms with Crippen molar-refractivity contribution in [2.45, 2.75) is 33.7 Å². The van der Waals surface area contributed by atoms with Crippen LogP contribution in [0.1, 0.15) is 26.5 Å². The Balaban J connectivity index is 2.10. The van der Waals surface area contributed by atoms with Crippen LogP contribution in [0.25, 0.3) is 28.0 Å². The number of benzene rings is 1. The molecule has 0 aliphatic heterocycles. The standard InChI is InChI=1S/C22H22F2N6/c1-5-29(13(2)3)21-19-18(20-14(4)25-6-7-26-20)11-30(22(19)28-12-27-21)17-9-15(23)8-16(24)10-17/h6-13H,5H2,1-4H3. The third kappa shape index (κ3) is 3.38. The van der Waals surface area contributed by atoms with Crippen molar-refractivity contribution >= 4 is 16.9 Å². The van der Waals surface area contributed by atoms with Gasteiger partial charge in [0, 0.05) is 42.8 Å². The van der Waals surface area contributed by atoms with Crippen LogP contribution >= 0.6 is 0 Å². The Morgan fingerprint density at radius 1 is 1.00 bits per heavy atom. The summed E-state index contributed by atoms with van der Waals surface area (Å²) in [7, 11) is 0. The highest BCUT2D eigenvalue weighted by atomic mass is 19.1. The molecule has 0 N–H and O–H groups in total. The van der Waals surface area contributed by atoms with Crippen LogP contribution < -0.4 is 4.90 Å². The van der Waals surface area contributed by atoms with Gasteiger partial charge in [0.25, 0.3) is 0 Å². The molecule has 0 saturated heterocycles. The summed E-state index contributed by atoms with van der Waals surface area (Å²) in [6.07, 6.45) is 6.52. The molecule has 4 rings (SSSR count). The van der Waals surface area contributed by atoms with Crippen LogP contribution in [0.15, 0.2) is 43.1 Å². The maximum atomic E-state index is 14.0. The molecule has 0 aliphatic carbocycles. The number of anilines is 1. The quantitative estimate of drug-likeness (QED) is 0.479. The van der Waals surface area contributed by atoms with Crippen LogP contribution in [-0.2, 0) is 0 Å². The van der Waals surface area contributed by atoms with E-state index < -0.39 is 11.6 Å². The average Bonchev–Trinajstić information content (AvgIpc) is 3.08. The van der Waals surface area contributed by atoms with Gasteiger partial charge in [-0.25, -0.2) is 18.7 Å². The Bertz CT molecular complexity index is 1200. The maximum absolute atomic E-state index is 14.0. The van der Waals surface area contributed by atoms with Gasteiger partial charge < -0.3 is 9.47 Å². The molecule has 0 bridgehead atoms. The number of hydrogen-bond donors (Lipinski definition) is 0. The molecule has 6 nitrogen and oxygen atoms in total. The molecular formula is C22H22F2N6. The fraction of sp³-hybridized carbons (Fsp3) is 0.273. The Morgan fingerprint density at radius 2 is 1.70 bits per heavy atom. The second-order valence-electron chi connectivity index (χ2n) is 7.31. The van der Waals surface area contributed by atoms with E-state index >= 15 is 0 Å². The topological polar surface area (TPSA) is 59.7 Å². The molecule has 154 valence electrons. The summed E-state index contributed by atoms with van der Waals surface area (Å²) in [5, 5.41) is 0.765. The monoisotopic (exact) mass is 408 g/mol. The van der Waals surface area contributed by atoms with Gasteiger partial charge in [-0.2, -0.15) is 0 Å². The van der Waals surface area contributed by atoms with E-state index in [1.165, 1.54) is 18.5 Å². The zero-order chi connectivity index (χ0) is 21.4. The van der Waals surface area contributed by atoms with Gasteiger partial charge >= 0.3 is 0 Å². The molecule has 4 aromatic rings. The zero-order valence-corrected chi connectivity index (χ0v) is 17.3. The van der Waals surface area contributed by atoms with Gasteiger partial charge in [0.2, 0.25) is 0 Å². The maximum Gasteiger partial charge on any atom is 0.150 e. The van der Waals surface area contributed by atoms with Gasteiger partial charge in [-0.05, 0) is 39.8 Å². The molecule has 0 unspecified atom stereocenters. The normalized spacial score (nSPS) is 11.4. The minimum atomic E-state index is -0.657. The predicted octanol–water partition coefficient (Wildman–Crippen LogP) is 4.70. The molecule has 0 spiro atoms. The van der Waals surface area contributed by atoms with E-state index in [2.05, 4.69) is 45.6 Å². The summed E-state index contributed by atoms with van der Waals surface area (Å²) in [5.41, 5.74) is 3.06. The van der Waals surface area contributed by atoms with Gasteiger partial charge in [0.1, 0.15) is 23.8 Å². The van der Waals surface area contributed by atoms with Gasteiger partial charge in [0.15, 0.2) is 5.65 Å². The first-order valence-corrected chi connectivity index (χ1v) is 9.77. The number of aryl methyl sites for hydroxylation is 1. The largest absolute Gasteiger partial charge is 0.354 e. The summed E-state index contributed by atoms with van der Waals surface area (Å²) in [6.45, 7) is 8.84. The molecule has 0 atom stereocenters. The Kier molecular flexibility index (Phi) is 5.15. The summed E-state index contributed by atoms with van der Waals surface area (Å²) < 4.78 is 29.6. The lowest BCUT2D eigenvalue weighted by atomic mass is 10.1. The SMILES string of the molecule is CCN(c1ncnc2c1c(-c1nccnc1C)cn2-c1cc(F)cc(F)c1)C(C)C. The van der Waals surface area contributed by atoms with Crippen molar-refractivity contribution in [3.05, 3.63) is 60.4 Å².